The van der Waals surface area contributed by atoms with Gasteiger partial charge in [-0.25, -0.2) is 13.6 Å². The van der Waals surface area contributed by atoms with Crippen LogP contribution in [0, 0.1) is 0 Å². The summed E-state index contributed by atoms with van der Waals surface area (Å²) >= 11 is 0. The zero-order chi connectivity index (χ0) is 17.5. The van der Waals surface area contributed by atoms with Crippen LogP contribution in [0.2, 0.25) is 0 Å². The van der Waals surface area contributed by atoms with Gasteiger partial charge in [-0.3, -0.25) is 0 Å². The predicted octanol–water partition coefficient (Wildman–Crippen LogP) is 5.70. The molecule has 3 rings (SSSR count). The van der Waals surface area contributed by atoms with Gasteiger partial charge in [0.1, 0.15) is 11.1 Å². The zero-order valence-corrected chi connectivity index (χ0v) is 13.8. The van der Waals surface area contributed by atoms with Crippen LogP contribution < -0.4 is 5.63 Å². The van der Waals surface area contributed by atoms with Crippen molar-refractivity contribution in [3.05, 3.63) is 70.1 Å². The predicted molar refractivity (Wildman–Crippen MR) is 91.6 cm³/mol. The first kappa shape index (κ1) is 16.4. The molecule has 0 bridgehead atoms. The van der Waals surface area contributed by atoms with E-state index in [2.05, 4.69) is 0 Å². The summed E-state index contributed by atoms with van der Waals surface area (Å²) in [4.78, 5) is 12.2. The van der Waals surface area contributed by atoms with E-state index in [0.717, 1.165) is 5.56 Å². The van der Waals surface area contributed by atoms with Crippen molar-refractivity contribution >= 4 is 11.0 Å². The van der Waals surface area contributed by atoms with Gasteiger partial charge in [-0.2, -0.15) is 0 Å². The Morgan fingerprint density at radius 2 is 1.67 bits per heavy atom. The molecule has 0 unspecified atom stereocenters. The summed E-state index contributed by atoms with van der Waals surface area (Å²) < 4.78 is 32.2. The molecular formula is C20H18F2O2. The Hall–Kier alpha value is -2.49. The van der Waals surface area contributed by atoms with E-state index < -0.39 is 17.6 Å². The van der Waals surface area contributed by atoms with Crippen LogP contribution in [0.25, 0.3) is 22.1 Å². The minimum Gasteiger partial charge on any atom is -0.422 e. The van der Waals surface area contributed by atoms with Crippen LogP contribution in [0.4, 0.5) is 8.78 Å². The van der Waals surface area contributed by atoms with E-state index in [9.17, 15) is 13.6 Å². The van der Waals surface area contributed by atoms with Gasteiger partial charge in [0.2, 0.25) is 0 Å². The van der Waals surface area contributed by atoms with Gasteiger partial charge in [0, 0.05) is 10.9 Å². The molecule has 3 aromatic rings. The summed E-state index contributed by atoms with van der Waals surface area (Å²) in [6.45, 7) is 6.12. The largest absolute Gasteiger partial charge is 0.422 e. The Bertz CT molecular complexity index is 935. The molecule has 1 heterocycles. The van der Waals surface area contributed by atoms with Crippen LogP contribution >= 0.6 is 0 Å². The molecule has 2 nitrogen and oxygen atoms in total. The first-order valence-corrected chi connectivity index (χ1v) is 7.74. The van der Waals surface area contributed by atoms with Crippen LogP contribution in [0.1, 0.15) is 38.3 Å². The Balaban J connectivity index is 2.42. The maximum Gasteiger partial charge on any atom is 0.345 e. The molecule has 0 saturated heterocycles. The normalized spacial score (nSPS) is 12.1. The van der Waals surface area contributed by atoms with Crippen LogP contribution in [0.15, 0.2) is 57.7 Å². The van der Waals surface area contributed by atoms with Crippen molar-refractivity contribution in [3.63, 3.8) is 0 Å². The molecule has 0 aliphatic rings. The lowest BCUT2D eigenvalue weighted by molar-refractivity contribution is 0.147. The third-order valence-electron chi connectivity index (χ3n) is 4.09. The number of alkyl halides is 2. The summed E-state index contributed by atoms with van der Waals surface area (Å²) in [5.41, 5.74) is 0.421. The van der Waals surface area contributed by atoms with Gasteiger partial charge in [-0.1, -0.05) is 63.2 Å². The van der Waals surface area contributed by atoms with Gasteiger partial charge in [-0.15, -0.1) is 0 Å². The monoisotopic (exact) mass is 328 g/mol. The highest BCUT2D eigenvalue weighted by atomic mass is 19.3. The Morgan fingerprint density at radius 3 is 2.25 bits per heavy atom. The summed E-state index contributed by atoms with van der Waals surface area (Å²) in [5, 5.41) is 0.518. The lowest BCUT2D eigenvalue weighted by Gasteiger charge is -2.20. The number of hydrogen-bond acceptors (Lipinski definition) is 2. The molecule has 0 amide bonds. The van der Waals surface area contributed by atoms with Gasteiger partial charge >= 0.3 is 5.63 Å². The van der Waals surface area contributed by atoms with Gasteiger partial charge in [-0.05, 0) is 22.6 Å². The van der Waals surface area contributed by atoms with Crippen LogP contribution in [-0.2, 0) is 5.41 Å². The lowest BCUT2D eigenvalue weighted by atomic mass is 9.86. The summed E-state index contributed by atoms with van der Waals surface area (Å²) in [5.74, 6) is 0. The number of hydrogen-bond donors (Lipinski definition) is 0. The van der Waals surface area contributed by atoms with Gasteiger partial charge in [0.15, 0.2) is 0 Å². The molecule has 124 valence electrons. The fourth-order valence-corrected chi connectivity index (χ4v) is 2.80. The van der Waals surface area contributed by atoms with E-state index in [1.54, 1.807) is 42.5 Å². The maximum absolute atomic E-state index is 13.5. The second-order valence-corrected chi connectivity index (χ2v) is 6.81. The van der Waals surface area contributed by atoms with E-state index in [4.69, 9.17) is 4.42 Å². The first-order valence-electron chi connectivity index (χ1n) is 7.74. The molecule has 2 aromatic carbocycles. The third-order valence-corrected chi connectivity index (χ3v) is 4.09. The molecule has 4 heteroatoms. The quantitative estimate of drug-likeness (QED) is 0.565. The van der Waals surface area contributed by atoms with Crippen molar-refractivity contribution in [3.8, 4) is 11.1 Å². The van der Waals surface area contributed by atoms with Gasteiger partial charge in [0.25, 0.3) is 6.43 Å². The van der Waals surface area contributed by atoms with Crippen molar-refractivity contribution in [1.82, 2.24) is 0 Å². The molecule has 24 heavy (non-hydrogen) atoms. The highest BCUT2D eigenvalue weighted by molar-refractivity contribution is 5.95. The minimum atomic E-state index is -2.90. The van der Waals surface area contributed by atoms with Crippen LogP contribution in [0.3, 0.4) is 0 Å². The van der Waals surface area contributed by atoms with Crippen molar-refractivity contribution in [2.75, 3.05) is 0 Å². The number of fused-ring (bicyclic) bond motifs is 1. The van der Waals surface area contributed by atoms with Crippen LogP contribution in [0.5, 0.6) is 0 Å². The maximum atomic E-state index is 13.5. The molecule has 0 aliphatic carbocycles. The van der Waals surface area contributed by atoms with Crippen LogP contribution in [-0.4, -0.2) is 0 Å². The second kappa shape index (κ2) is 5.86. The molecule has 0 aliphatic heterocycles. The first-order chi connectivity index (χ1) is 11.3. The topological polar surface area (TPSA) is 30.2 Å². The van der Waals surface area contributed by atoms with Crippen molar-refractivity contribution < 1.29 is 13.2 Å². The Labute approximate surface area is 138 Å². The van der Waals surface area contributed by atoms with E-state index in [-0.39, 0.29) is 11.0 Å². The fraction of sp³-hybridized carbons (Fsp3) is 0.250. The highest BCUT2D eigenvalue weighted by Crippen LogP contribution is 2.36. The second-order valence-electron chi connectivity index (χ2n) is 6.81. The average Bonchev–Trinajstić information content (AvgIpc) is 2.52. The average molecular weight is 328 g/mol. The molecule has 1 aromatic heterocycles. The fourth-order valence-electron chi connectivity index (χ4n) is 2.80. The number of halogens is 2. The molecule has 0 spiro atoms. The zero-order valence-electron chi connectivity index (χ0n) is 13.8. The summed E-state index contributed by atoms with van der Waals surface area (Å²) in [6.07, 6.45) is -2.90. The standard InChI is InChI=1S/C20H18F2O2/c1-20(2,3)13-9-10-14-15(11-13)24-19(23)17(18(21)22)16(14)12-7-5-4-6-8-12/h4-11,18H,1-3H3. The van der Waals surface area contributed by atoms with E-state index in [0.29, 0.717) is 16.5 Å². The van der Waals surface area contributed by atoms with Gasteiger partial charge in [0.05, 0.1) is 0 Å². The molecule has 0 radical (unpaired) electrons. The molecule has 0 atom stereocenters. The van der Waals surface area contributed by atoms with E-state index >= 15 is 0 Å². The van der Waals surface area contributed by atoms with E-state index in [1.807, 2.05) is 26.8 Å². The SMILES string of the molecule is CC(C)(C)c1ccc2c(-c3ccccc3)c(C(F)F)c(=O)oc2c1. The summed E-state index contributed by atoms with van der Waals surface area (Å²) in [7, 11) is 0. The summed E-state index contributed by atoms with van der Waals surface area (Å²) in [6, 6.07) is 14.2. The minimum absolute atomic E-state index is 0.138. The molecule has 0 saturated carbocycles. The third kappa shape index (κ3) is 2.84. The van der Waals surface area contributed by atoms with Crippen molar-refractivity contribution in [1.29, 1.82) is 0 Å². The van der Waals surface area contributed by atoms with E-state index in [1.165, 1.54) is 0 Å². The molecule has 0 N–H and O–H groups in total. The molecule has 0 fully saturated rings. The Morgan fingerprint density at radius 1 is 1.00 bits per heavy atom. The lowest BCUT2D eigenvalue weighted by Crippen LogP contribution is -2.13. The number of rotatable bonds is 2. The highest BCUT2D eigenvalue weighted by Gasteiger charge is 2.24. The van der Waals surface area contributed by atoms with Crippen molar-refractivity contribution in [2.45, 2.75) is 32.6 Å². The Kier molecular flexibility index (Phi) is 3.99. The molecular weight excluding hydrogens is 310 g/mol. The smallest absolute Gasteiger partial charge is 0.345 e. The number of benzene rings is 2. The van der Waals surface area contributed by atoms with Gasteiger partial charge < -0.3 is 4.42 Å². The van der Waals surface area contributed by atoms with Crippen molar-refractivity contribution in [2.24, 2.45) is 0 Å².